The topological polar surface area (TPSA) is 66.4 Å². The van der Waals surface area contributed by atoms with Gasteiger partial charge in [0.05, 0.1) is 11.5 Å². The molecule has 5 heteroatoms. The summed E-state index contributed by atoms with van der Waals surface area (Å²) in [5.74, 6) is 0. The minimum Gasteiger partial charge on any atom is -0.392 e. The molecule has 0 saturated heterocycles. The van der Waals surface area contributed by atoms with Crippen molar-refractivity contribution in [3.63, 3.8) is 0 Å². The van der Waals surface area contributed by atoms with Crippen LogP contribution >= 0.6 is 0 Å². The van der Waals surface area contributed by atoms with Gasteiger partial charge in [-0.15, -0.1) is 0 Å². The summed E-state index contributed by atoms with van der Waals surface area (Å²) >= 11 is 0. The third-order valence-corrected chi connectivity index (χ3v) is 4.10. The van der Waals surface area contributed by atoms with E-state index in [-0.39, 0.29) is 18.0 Å². The van der Waals surface area contributed by atoms with Crippen LogP contribution in [-0.2, 0) is 23.2 Å². The molecule has 0 aliphatic heterocycles. The first kappa shape index (κ1) is 13.7. The van der Waals surface area contributed by atoms with Gasteiger partial charge in [-0.3, -0.25) is 0 Å². The zero-order valence-electron chi connectivity index (χ0n) is 10.3. The monoisotopic (exact) mass is 277 g/mol. The van der Waals surface area contributed by atoms with E-state index >= 15 is 0 Å². The van der Waals surface area contributed by atoms with Gasteiger partial charge in [-0.2, -0.15) is 0 Å². The van der Waals surface area contributed by atoms with Crippen molar-refractivity contribution in [2.24, 2.45) is 0 Å². The Morgan fingerprint density at radius 1 is 0.947 bits per heavy atom. The highest BCUT2D eigenvalue weighted by Gasteiger charge is 2.13. The van der Waals surface area contributed by atoms with Gasteiger partial charge in [0.1, 0.15) is 0 Å². The second kappa shape index (κ2) is 5.97. The Kier molecular flexibility index (Phi) is 4.31. The summed E-state index contributed by atoms with van der Waals surface area (Å²) in [6.07, 6.45) is 0. The molecular weight excluding hydrogens is 262 g/mol. The van der Waals surface area contributed by atoms with Gasteiger partial charge >= 0.3 is 0 Å². The lowest BCUT2D eigenvalue weighted by Gasteiger charge is -2.07. The fourth-order valence-corrected chi connectivity index (χ4v) is 2.76. The summed E-state index contributed by atoms with van der Waals surface area (Å²) in [6.45, 7) is 0.0641. The Morgan fingerprint density at radius 2 is 1.63 bits per heavy atom. The van der Waals surface area contributed by atoms with Gasteiger partial charge in [0.25, 0.3) is 0 Å². The first-order valence-corrected chi connectivity index (χ1v) is 7.33. The SMILES string of the molecule is O=S(=O)(NCc1ccccc1)c1cccc(CO)c1. The van der Waals surface area contributed by atoms with Crippen LogP contribution in [-0.4, -0.2) is 13.5 Å². The number of nitrogens with one attached hydrogen (secondary N) is 1. The quantitative estimate of drug-likeness (QED) is 0.873. The molecule has 0 unspecified atom stereocenters. The molecule has 4 nitrogen and oxygen atoms in total. The Labute approximate surface area is 112 Å². The lowest BCUT2D eigenvalue weighted by molar-refractivity contribution is 0.281. The van der Waals surface area contributed by atoms with E-state index in [2.05, 4.69) is 4.72 Å². The largest absolute Gasteiger partial charge is 0.392 e. The van der Waals surface area contributed by atoms with E-state index in [9.17, 15) is 8.42 Å². The van der Waals surface area contributed by atoms with Crippen molar-refractivity contribution in [1.29, 1.82) is 0 Å². The maximum absolute atomic E-state index is 12.1. The third kappa shape index (κ3) is 3.64. The maximum atomic E-state index is 12.1. The van der Waals surface area contributed by atoms with E-state index in [1.807, 2.05) is 30.3 Å². The van der Waals surface area contributed by atoms with Crippen molar-refractivity contribution in [2.45, 2.75) is 18.0 Å². The smallest absolute Gasteiger partial charge is 0.240 e. The standard InChI is InChI=1S/C14H15NO3S/c16-11-13-7-4-8-14(9-13)19(17,18)15-10-12-5-2-1-3-6-12/h1-9,15-16H,10-11H2. The molecule has 0 aromatic heterocycles. The summed E-state index contributed by atoms with van der Waals surface area (Å²) < 4.78 is 26.7. The molecule has 0 heterocycles. The van der Waals surface area contributed by atoms with Crippen LogP contribution in [0.2, 0.25) is 0 Å². The van der Waals surface area contributed by atoms with Gasteiger partial charge in [0.2, 0.25) is 10.0 Å². The predicted octanol–water partition coefficient (Wildman–Crippen LogP) is 1.66. The van der Waals surface area contributed by atoms with Crippen molar-refractivity contribution in [3.8, 4) is 0 Å². The number of aliphatic hydroxyl groups is 1. The average Bonchev–Trinajstić information content (AvgIpc) is 2.46. The zero-order chi connectivity index (χ0) is 13.7. The van der Waals surface area contributed by atoms with Gasteiger partial charge < -0.3 is 5.11 Å². The van der Waals surface area contributed by atoms with Crippen molar-refractivity contribution in [2.75, 3.05) is 0 Å². The number of aliphatic hydroxyl groups excluding tert-OH is 1. The molecule has 2 N–H and O–H groups in total. The normalized spacial score (nSPS) is 11.4. The molecule has 0 amide bonds. The summed E-state index contributed by atoms with van der Waals surface area (Å²) in [4.78, 5) is 0.162. The summed E-state index contributed by atoms with van der Waals surface area (Å²) in [7, 11) is -3.55. The van der Waals surface area contributed by atoms with E-state index in [1.54, 1.807) is 12.1 Å². The number of hydrogen-bond acceptors (Lipinski definition) is 3. The van der Waals surface area contributed by atoms with E-state index < -0.39 is 10.0 Å². The van der Waals surface area contributed by atoms with Gasteiger partial charge in [0, 0.05) is 6.54 Å². The minimum absolute atomic E-state index is 0.162. The first-order valence-electron chi connectivity index (χ1n) is 5.85. The highest BCUT2D eigenvalue weighted by atomic mass is 32.2. The highest BCUT2D eigenvalue weighted by molar-refractivity contribution is 7.89. The van der Waals surface area contributed by atoms with Crippen LogP contribution in [0.1, 0.15) is 11.1 Å². The molecule has 0 bridgehead atoms. The van der Waals surface area contributed by atoms with Crippen LogP contribution in [0.3, 0.4) is 0 Å². The van der Waals surface area contributed by atoms with Crippen LogP contribution in [0.4, 0.5) is 0 Å². The zero-order valence-corrected chi connectivity index (χ0v) is 11.1. The Bertz CT molecular complexity index is 639. The molecule has 100 valence electrons. The van der Waals surface area contributed by atoms with E-state index in [0.717, 1.165) is 5.56 Å². The molecule has 2 aromatic rings. The number of sulfonamides is 1. The number of rotatable bonds is 5. The third-order valence-electron chi connectivity index (χ3n) is 2.70. The summed E-state index contributed by atoms with van der Waals surface area (Å²) in [5.41, 5.74) is 1.46. The van der Waals surface area contributed by atoms with Crippen molar-refractivity contribution < 1.29 is 13.5 Å². The molecule has 0 atom stereocenters. The summed E-state index contributed by atoms with van der Waals surface area (Å²) in [5, 5.41) is 9.02. The van der Waals surface area contributed by atoms with Gasteiger partial charge in [-0.05, 0) is 23.3 Å². The lowest BCUT2D eigenvalue weighted by atomic mass is 10.2. The minimum atomic E-state index is -3.55. The predicted molar refractivity (Wildman–Crippen MR) is 72.8 cm³/mol. The fraction of sp³-hybridized carbons (Fsp3) is 0.143. The molecule has 0 spiro atoms. The summed E-state index contributed by atoms with van der Waals surface area (Å²) in [6, 6.07) is 15.6. The van der Waals surface area contributed by atoms with Gasteiger partial charge in [0.15, 0.2) is 0 Å². The van der Waals surface area contributed by atoms with E-state index in [1.165, 1.54) is 12.1 Å². The van der Waals surface area contributed by atoms with Gasteiger partial charge in [-0.1, -0.05) is 42.5 Å². The van der Waals surface area contributed by atoms with Crippen molar-refractivity contribution in [1.82, 2.24) is 4.72 Å². The Balaban J connectivity index is 2.14. The number of hydrogen-bond donors (Lipinski definition) is 2. The van der Waals surface area contributed by atoms with Crippen LogP contribution in [0.5, 0.6) is 0 Å². The molecule has 0 fully saturated rings. The molecular formula is C14H15NO3S. The van der Waals surface area contributed by atoms with Crippen LogP contribution in [0.15, 0.2) is 59.5 Å². The second-order valence-electron chi connectivity index (χ2n) is 4.12. The van der Waals surface area contributed by atoms with E-state index in [4.69, 9.17) is 5.11 Å². The van der Waals surface area contributed by atoms with Gasteiger partial charge in [-0.25, -0.2) is 13.1 Å². The van der Waals surface area contributed by atoms with Crippen LogP contribution in [0.25, 0.3) is 0 Å². The average molecular weight is 277 g/mol. The lowest BCUT2D eigenvalue weighted by Crippen LogP contribution is -2.23. The molecule has 0 radical (unpaired) electrons. The Hall–Kier alpha value is -1.69. The molecule has 2 aromatic carbocycles. The molecule has 0 saturated carbocycles. The second-order valence-corrected chi connectivity index (χ2v) is 5.88. The van der Waals surface area contributed by atoms with Crippen LogP contribution < -0.4 is 4.72 Å². The molecule has 2 rings (SSSR count). The number of benzene rings is 2. The van der Waals surface area contributed by atoms with Crippen LogP contribution in [0, 0.1) is 0 Å². The van der Waals surface area contributed by atoms with Crippen molar-refractivity contribution in [3.05, 3.63) is 65.7 Å². The maximum Gasteiger partial charge on any atom is 0.240 e. The van der Waals surface area contributed by atoms with E-state index in [0.29, 0.717) is 5.56 Å². The Morgan fingerprint density at radius 3 is 2.32 bits per heavy atom. The molecule has 0 aliphatic carbocycles. The molecule has 0 aliphatic rings. The molecule has 19 heavy (non-hydrogen) atoms. The fourth-order valence-electron chi connectivity index (χ4n) is 1.67. The first-order chi connectivity index (χ1) is 9.12. The highest BCUT2D eigenvalue weighted by Crippen LogP contribution is 2.12. The van der Waals surface area contributed by atoms with Crippen molar-refractivity contribution >= 4 is 10.0 Å².